The van der Waals surface area contributed by atoms with Crippen molar-refractivity contribution in [3.05, 3.63) is 17.5 Å². The molecule has 0 amide bonds. The van der Waals surface area contributed by atoms with Crippen molar-refractivity contribution >= 4 is 0 Å². The van der Waals surface area contributed by atoms with E-state index >= 15 is 0 Å². The van der Waals surface area contributed by atoms with Crippen LogP contribution in [0.3, 0.4) is 0 Å². The van der Waals surface area contributed by atoms with Gasteiger partial charge in [0.25, 0.3) is 0 Å². The lowest BCUT2D eigenvalue weighted by Gasteiger charge is -2.09. The first-order chi connectivity index (χ1) is 3.81. The summed E-state index contributed by atoms with van der Waals surface area (Å²) in [6.07, 6.45) is 2.83. The number of rotatable bonds is 3. The summed E-state index contributed by atoms with van der Waals surface area (Å²) < 4.78 is 0. The summed E-state index contributed by atoms with van der Waals surface area (Å²) in [5, 5.41) is 9.84. The van der Waals surface area contributed by atoms with Crippen molar-refractivity contribution in [2.75, 3.05) is 13.7 Å². The fourth-order valence-electron chi connectivity index (χ4n) is 0.232. The van der Waals surface area contributed by atoms with E-state index in [9.17, 15) is 5.21 Å². The Morgan fingerprint density at radius 2 is 2.50 bits per heavy atom. The minimum Gasteiger partial charge on any atom is -0.595 e. The number of hydrogen-bond acceptors (Lipinski definition) is 3. The van der Waals surface area contributed by atoms with Gasteiger partial charge >= 0.3 is 0 Å². The van der Waals surface area contributed by atoms with Crippen LogP contribution in [0.4, 0.5) is 0 Å². The van der Waals surface area contributed by atoms with E-state index in [2.05, 4.69) is 4.84 Å². The predicted octanol–water partition coefficient (Wildman–Crippen LogP) is -1.60. The quantitative estimate of drug-likeness (QED) is 0.439. The second kappa shape index (κ2) is 4.73. The van der Waals surface area contributed by atoms with E-state index in [1.165, 1.54) is 19.4 Å². The van der Waals surface area contributed by atoms with Crippen LogP contribution in [-0.4, -0.2) is 13.7 Å². The third kappa shape index (κ3) is 3.76. The van der Waals surface area contributed by atoms with E-state index in [0.717, 1.165) is 0 Å². The molecule has 0 aliphatic carbocycles. The third-order valence-corrected chi connectivity index (χ3v) is 0.591. The van der Waals surface area contributed by atoms with Crippen molar-refractivity contribution in [3.8, 4) is 0 Å². The van der Waals surface area contributed by atoms with Crippen LogP contribution in [0.15, 0.2) is 12.3 Å². The SMILES string of the molecule is CO[NH+]([O-])/C=C/CN. The van der Waals surface area contributed by atoms with E-state index in [1.807, 2.05) is 0 Å². The Hall–Kier alpha value is -0.420. The van der Waals surface area contributed by atoms with Crippen LogP contribution in [0, 0.1) is 5.21 Å². The molecule has 3 N–H and O–H groups in total. The molecule has 48 valence electrons. The summed E-state index contributed by atoms with van der Waals surface area (Å²) in [5.74, 6) is 0. The summed E-state index contributed by atoms with van der Waals surface area (Å²) in [4.78, 5) is 4.27. The lowest BCUT2D eigenvalue weighted by Crippen LogP contribution is -3.00. The summed E-state index contributed by atoms with van der Waals surface area (Å²) in [6, 6.07) is 0. The second-order valence-electron chi connectivity index (χ2n) is 1.16. The van der Waals surface area contributed by atoms with E-state index in [4.69, 9.17) is 5.73 Å². The van der Waals surface area contributed by atoms with Gasteiger partial charge in [-0.15, -0.1) is 0 Å². The average molecular weight is 118 g/mol. The van der Waals surface area contributed by atoms with E-state index in [1.54, 1.807) is 0 Å². The molecule has 0 aliphatic heterocycles. The first-order valence-corrected chi connectivity index (χ1v) is 2.26. The summed E-state index contributed by atoms with van der Waals surface area (Å²) in [7, 11) is 1.32. The Morgan fingerprint density at radius 1 is 1.88 bits per heavy atom. The Labute approximate surface area is 48.1 Å². The largest absolute Gasteiger partial charge is 0.595 e. The number of hydrogen-bond donors (Lipinski definition) is 2. The highest BCUT2D eigenvalue weighted by Crippen LogP contribution is 1.52. The van der Waals surface area contributed by atoms with Gasteiger partial charge in [-0.3, -0.25) is 0 Å². The second-order valence-corrected chi connectivity index (χ2v) is 1.16. The van der Waals surface area contributed by atoms with Crippen LogP contribution >= 0.6 is 0 Å². The Balaban J connectivity index is 3.21. The normalized spacial score (nSPS) is 14.9. The van der Waals surface area contributed by atoms with Gasteiger partial charge in [0.05, 0.1) is 7.11 Å². The molecule has 0 aromatic rings. The van der Waals surface area contributed by atoms with Crippen LogP contribution in [0.1, 0.15) is 0 Å². The summed E-state index contributed by atoms with van der Waals surface area (Å²) >= 11 is 0. The van der Waals surface area contributed by atoms with Gasteiger partial charge in [-0.1, -0.05) is 0 Å². The highest BCUT2D eigenvalue weighted by atomic mass is 16.9. The van der Waals surface area contributed by atoms with Gasteiger partial charge in [0, 0.05) is 6.54 Å². The van der Waals surface area contributed by atoms with Crippen molar-refractivity contribution in [2.24, 2.45) is 5.73 Å². The van der Waals surface area contributed by atoms with Crippen LogP contribution < -0.4 is 11.0 Å². The molecule has 0 radical (unpaired) electrons. The van der Waals surface area contributed by atoms with Gasteiger partial charge < -0.3 is 10.9 Å². The maximum Gasteiger partial charge on any atom is 0.124 e. The zero-order valence-corrected chi connectivity index (χ0v) is 4.76. The molecule has 0 bridgehead atoms. The predicted molar refractivity (Wildman–Crippen MR) is 29.5 cm³/mol. The van der Waals surface area contributed by atoms with E-state index in [0.29, 0.717) is 6.54 Å². The number of hydroxylamine groups is 2. The number of nitrogens with one attached hydrogen (secondary N) is 1. The molecule has 0 aliphatic rings. The van der Waals surface area contributed by atoms with Crippen LogP contribution in [0.2, 0.25) is 0 Å². The van der Waals surface area contributed by atoms with Gasteiger partial charge in [0.2, 0.25) is 0 Å². The molecule has 1 atom stereocenters. The van der Waals surface area contributed by atoms with Gasteiger partial charge in [-0.05, 0) is 6.08 Å². The average Bonchev–Trinajstić information content (AvgIpc) is 1.83. The van der Waals surface area contributed by atoms with Gasteiger partial charge in [0.15, 0.2) is 0 Å². The lowest BCUT2D eigenvalue weighted by molar-refractivity contribution is -1.00. The Kier molecular flexibility index (Phi) is 4.48. The van der Waals surface area contributed by atoms with Crippen molar-refractivity contribution in [1.29, 1.82) is 0 Å². The van der Waals surface area contributed by atoms with Gasteiger partial charge in [-0.2, -0.15) is 5.23 Å². The summed E-state index contributed by atoms with van der Waals surface area (Å²) in [5.41, 5.74) is 5.04. The molecule has 4 heteroatoms. The van der Waals surface area contributed by atoms with Gasteiger partial charge in [-0.25, -0.2) is 4.84 Å². The Morgan fingerprint density at radius 3 is 2.88 bits per heavy atom. The molecule has 0 rings (SSSR count). The molecule has 0 fully saturated rings. The van der Waals surface area contributed by atoms with Crippen LogP contribution in [-0.2, 0) is 4.84 Å². The fourth-order valence-corrected chi connectivity index (χ4v) is 0.232. The topological polar surface area (TPSA) is 62.8 Å². The number of nitrogens with two attached hydrogens (primary N) is 1. The van der Waals surface area contributed by atoms with Gasteiger partial charge in [0.1, 0.15) is 6.20 Å². The molecular weight excluding hydrogens is 108 g/mol. The van der Waals surface area contributed by atoms with Crippen molar-refractivity contribution in [1.82, 2.24) is 0 Å². The molecular formula is C4H10N2O2. The molecule has 0 heterocycles. The van der Waals surface area contributed by atoms with E-state index < -0.39 is 0 Å². The molecule has 0 saturated heterocycles. The molecule has 0 spiro atoms. The first kappa shape index (κ1) is 7.58. The van der Waals surface area contributed by atoms with Crippen molar-refractivity contribution in [3.63, 3.8) is 0 Å². The third-order valence-electron chi connectivity index (χ3n) is 0.591. The highest BCUT2D eigenvalue weighted by molar-refractivity contribution is 4.71. The number of quaternary nitrogens is 1. The van der Waals surface area contributed by atoms with Crippen LogP contribution in [0.5, 0.6) is 0 Å². The van der Waals surface area contributed by atoms with Crippen molar-refractivity contribution < 1.29 is 10.1 Å². The van der Waals surface area contributed by atoms with Crippen LogP contribution in [0.25, 0.3) is 0 Å². The molecule has 0 aromatic heterocycles. The first-order valence-electron chi connectivity index (χ1n) is 2.26. The molecule has 1 unspecified atom stereocenters. The maximum atomic E-state index is 10.2. The standard InChI is InChI=1S/C4H10N2O2/c1-8-6(7)4-2-3-5/h2,4,6H,3,5H2,1H3/b4-2+. The molecule has 0 aromatic carbocycles. The van der Waals surface area contributed by atoms with Crippen molar-refractivity contribution in [2.45, 2.75) is 0 Å². The summed E-state index contributed by atoms with van der Waals surface area (Å²) in [6.45, 7) is 0.370. The smallest absolute Gasteiger partial charge is 0.124 e. The fraction of sp³-hybridized carbons (Fsp3) is 0.500. The molecule has 4 nitrogen and oxygen atoms in total. The maximum absolute atomic E-state index is 10.2. The Bertz CT molecular complexity index is 74.4. The zero-order valence-electron chi connectivity index (χ0n) is 4.76. The lowest BCUT2D eigenvalue weighted by atomic mass is 10.6. The monoisotopic (exact) mass is 118 g/mol. The minimum absolute atomic E-state index is 0.365. The zero-order chi connectivity index (χ0) is 6.41. The van der Waals surface area contributed by atoms with E-state index in [-0.39, 0.29) is 5.23 Å². The minimum atomic E-state index is -0.365. The molecule has 0 saturated carbocycles. The highest BCUT2D eigenvalue weighted by Gasteiger charge is 1.79. The molecule has 8 heavy (non-hydrogen) atoms.